The predicted molar refractivity (Wildman–Crippen MR) is 297 cm³/mol. The summed E-state index contributed by atoms with van der Waals surface area (Å²) in [5.41, 5.74) is 0. The molecule has 0 aromatic carbocycles. The summed E-state index contributed by atoms with van der Waals surface area (Å²) in [5.74, 6) is -1.20. The Morgan fingerprint density at radius 3 is 1.36 bits per heavy atom. The summed E-state index contributed by atoms with van der Waals surface area (Å²) >= 11 is 0. The van der Waals surface area contributed by atoms with Crippen molar-refractivity contribution in [1.29, 1.82) is 0 Å². The van der Waals surface area contributed by atoms with E-state index in [-0.39, 0.29) is 19.4 Å². The van der Waals surface area contributed by atoms with E-state index in [2.05, 4.69) is 50.4 Å². The van der Waals surface area contributed by atoms with Crippen LogP contribution in [0.2, 0.25) is 0 Å². The van der Waals surface area contributed by atoms with E-state index >= 15 is 0 Å². The van der Waals surface area contributed by atoms with E-state index in [9.17, 15) is 35.1 Å². The Morgan fingerprint density at radius 2 is 0.917 bits per heavy atom. The smallest absolute Gasteiger partial charge is 0.306 e. The molecule has 72 heavy (non-hydrogen) atoms. The average Bonchev–Trinajstić information content (AvgIpc) is 3.38. The second kappa shape index (κ2) is 49.7. The standard InChI is InChI=1S/C61H113NO10/c1-4-7-10-13-16-19-22-25-27-29-30-33-36-39-42-45-48-54(65)60(69)62-52(53(64)47-44-41-38-35-32-24-21-18-15-12-9-6-3)51-70-61-59(58(68)57(67)55(50-63)71-61)72-56(66)49-46-43-40-37-34-31-28-26-23-20-17-14-11-8-5-2/h20,23,25,27,44,47,52-55,57-59,61,63-65,67-68H,4-19,21-22,24,26,28-43,45-46,48-51H2,1-3H3,(H,62,69)/b23-20-,27-25+,47-44+. The van der Waals surface area contributed by atoms with Crippen LogP contribution in [0.15, 0.2) is 36.5 Å². The lowest BCUT2D eigenvalue weighted by Gasteiger charge is -2.41. The van der Waals surface area contributed by atoms with Crippen molar-refractivity contribution in [2.75, 3.05) is 13.2 Å². The summed E-state index contributed by atoms with van der Waals surface area (Å²) in [5, 5.41) is 56.9. The van der Waals surface area contributed by atoms with Gasteiger partial charge in [-0.1, -0.05) is 231 Å². The topological polar surface area (TPSA) is 175 Å². The Morgan fingerprint density at radius 1 is 0.528 bits per heavy atom. The molecular formula is C61H113NO10. The minimum absolute atomic E-state index is 0.120. The molecule has 0 aliphatic carbocycles. The zero-order valence-electron chi connectivity index (χ0n) is 46.6. The summed E-state index contributed by atoms with van der Waals surface area (Å²) in [4.78, 5) is 26.5. The van der Waals surface area contributed by atoms with Crippen LogP contribution in [0.3, 0.4) is 0 Å². The van der Waals surface area contributed by atoms with Gasteiger partial charge in [-0.3, -0.25) is 9.59 Å². The number of hydrogen-bond acceptors (Lipinski definition) is 10. The molecule has 1 amide bonds. The van der Waals surface area contributed by atoms with Gasteiger partial charge in [-0.25, -0.2) is 0 Å². The lowest BCUT2D eigenvalue weighted by molar-refractivity contribution is -0.305. The van der Waals surface area contributed by atoms with Gasteiger partial charge in [0.05, 0.1) is 25.4 Å². The fourth-order valence-corrected chi connectivity index (χ4v) is 9.41. The summed E-state index contributed by atoms with van der Waals surface area (Å²) in [6.45, 7) is 5.77. The minimum Gasteiger partial charge on any atom is -0.454 e. The van der Waals surface area contributed by atoms with E-state index in [4.69, 9.17) is 14.2 Å². The normalized spacial score (nSPS) is 19.7. The number of carbonyl (C=O) groups excluding carboxylic acids is 2. The average molecular weight is 1020 g/mol. The first-order valence-corrected chi connectivity index (χ1v) is 30.3. The predicted octanol–water partition coefficient (Wildman–Crippen LogP) is 13.9. The van der Waals surface area contributed by atoms with Crippen molar-refractivity contribution in [3.05, 3.63) is 36.5 Å². The first-order valence-electron chi connectivity index (χ1n) is 30.3. The molecule has 0 aromatic rings. The molecule has 0 spiro atoms. The zero-order valence-corrected chi connectivity index (χ0v) is 46.6. The number of ether oxygens (including phenoxy) is 3. The molecule has 0 saturated carbocycles. The van der Waals surface area contributed by atoms with Crippen LogP contribution in [0, 0.1) is 0 Å². The number of amides is 1. The van der Waals surface area contributed by atoms with Crippen LogP contribution < -0.4 is 5.32 Å². The molecule has 1 aliphatic heterocycles. The molecular weight excluding hydrogens is 907 g/mol. The molecule has 0 radical (unpaired) electrons. The number of hydrogen-bond donors (Lipinski definition) is 6. The van der Waals surface area contributed by atoms with E-state index in [1.54, 1.807) is 6.08 Å². The maximum absolute atomic E-state index is 13.4. The Kier molecular flexibility index (Phi) is 46.9. The molecule has 1 rings (SSSR count). The number of nitrogens with one attached hydrogen (secondary N) is 1. The van der Waals surface area contributed by atoms with Gasteiger partial charge >= 0.3 is 5.97 Å². The number of rotatable bonds is 51. The Balaban J connectivity index is 2.71. The monoisotopic (exact) mass is 1020 g/mol. The van der Waals surface area contributed by atoms with Gasteiger partial charge in [0.1, 0.15) is 24.4 Å². The van der Waals surface area contributed by atoms with Crippen molar-refractivity contribution in [3.63, 3.8) is 0 Å². The summed E-state index contributed by atoms with van der Waals surface area (Å²) in [6.07, 6.45) is 47.5. The van der Waals surface area contributed by atoms with Crippen molar-refractivity contribution in [2.45, 2.75) is 327 Å². The van der Waals surface area contributed by atoms with Crippen LogP contribution in [0.1, 0.15) is 278 Å². The van der Waals surface area contributed by atoms with Crippen molar-refractivity contribution >= 4 is 11.9 Å². The van der Waals surface area contributed by atoms with E-state index < -0.39 is 67.4 Å². The molecule has 8 atom stereocenters. The van der Waals surface area contributed by atoms with Crippen molar-refractivity contribution in [3.8, 4) is 0 Å². The molecule has 11 nitrogen and oxygen atoms in total. The highest BCUT2D eigenvalue weighted by Gasteiger charge is 2.47. The first kappa shape index (κ1) is 67.9. The number of allylic oxidation sites excluding steroid dienone is 5. The molecule has 1 heterocycles. The van der Waals surface area contributed by atoms with Gasteiger partial charge in [-0.05, 0) is 77.0 Å². The largest absolute Gasteiger partial charge is 0.454 e. The summed E-state index contributed by atoms with van der Waals surface area (Å²) in [7, 11) is 0. The van der Waals surface area contributed by atoms with E-state index in [0.29, 0.717) is 12.8 Å². The SMILES string of the molecule is CCCCCC/C=C\CCCCCCCCCC(=O)OC1C(OCC(NC(=O)C(O)CCCCCCCC/C=C/CCCCCCCC)C(O)/C=C/CCCCCCCCCCCC)OC(CO)C(O)C1O. The molecule has 0 bridgehead atoms. The zero-order chi connectivity index (χ0) is 52.5. The second-order valence-corrected chi connectivity index (χ2v) is 21.1. The van der Waals surface area contributed by atoms with Crippen LogP contribution in [0.5, 0.6) is 0 Å². The highest BCUT2D eigenvalue weighted by atomic mass is 16.7. The number of aliphatic hydroxyl groups excluding tert-OH is 5. The van der Waals surface area contributed by atoms with Gasteiger partial charge < -0.3 is 45.1 Å². The molecule has 0 aromatic heterocycles. The molecule has 11 heteroatoms. The van der Waals surface area contributed by atoms with Gasteiger partial charge in [-0.2, -0.15) is 0 Å². The maximum Gasteiger partial charge on any atom is 0.306 e. The first-order chi connectivity index (χ1) is 35.2. The van der Waals surface area contributed by atoms with Crippen LogP contribution in [-0.4, -0.2) is 99.6 Å². The van der Waals surface area contributed by atoms with Gasteiger partial charge in [0.15, 0.2) is 12.4 Å². The number of carbonyl (C=O) groups is 2. The lowest BCUT2D eigenvalue weighted by atomic mass is 9.99. The number of unbranched alkanes of at least 4 members (excludes halogenated alkanes) is 33. The van der Waals surface area contributed by atoms with Crippen LogP contribution in [-0.2, 0) is 23.8 Å². The van der Waals surface area contributed by atoms with Crippen molar-refractivity contribution in [2.24, 2.45) is 0 Å². The number of esters is 1. The quantitative estimate of drug-likeness (QED) is 0.0195. The number of aliphatic hydroxyl groups is 5. The second-order valence-electron chi connectivity index (χ2n) is 21.1. The minimum atomic E-state index is -1.61. The summed E-state index contributed by atoms with van der Waals surface area (Å²) in [6, 6.07) is -1.02. The third kappa shape index (κ3) is 37.6. The lowest BCUT2D eigenvalue weighted by Crippen LogP contribution is -2.61. The van der Waals surface area contributed by atoms with Crippen molar-refractivity contribution < 1.29 is 49.3 Å². The maximum atomic E-state index is 13.4. The van der Waals surface area contributed by atoms with Gasteiger partial charge in [0.2, 0.25) is 5.91 Å². The molecule has 1 saturated heterocycles. The van der Waals surface area contributed by atoms with E-state index in [0.717, 1.165) is 83.5 Å². The van der Waals surface area contributed by atoms with Gasteiger partial charge in [0.25, 0.3) is 0 Å². The van der Waals surface area contributed by atoms with Crippen LogP contribution in [0.25, 0.3) is 0 Å². The Labute approximate surface area is 441 Å². The molecule has 6 N–H and O–H groups in total. The van der Waals surface area contributed by atoms with Gasteiger partial charge in [-0.15, -0.1) is 0 Å². The van der Waals surface area contributed by atoms with Crippen LogP contribution in [0.4, 0.5) is 0 Å². The fraction of sp³-hybridized carbons (Fsp3) is 0.869. The molecule has 8 unspecified atom stereocenters. The third-order valence-corrected chi connectivity index (χ3v) is 14.3. The molecule has 422 valence electrons. The molecule has 1 fully saturated rings. The van der Waals surface area contributed by atoms with E-state index in [1.165, 1.54) is 148 Å². The summed E-state index contributed by atoms with van der Waals surface area (Å²) < 4.78 is 17.6. The third-order valence-electron chi connectivity index (χ3n) is 14.3. The van der Waals surface area contributed by atoms with Gasteiger partial charge in [0, 0.05) is 6.42 Å². The fourth-order valence-electron chi connectivity index (χ4n) is 9.41. The van der Waals surface area contributed by atoms with Crippen molar-refractivity contribution in [1.82, 2.24) is 5.32 Å². The van der Waals surface area contributed by atoms with E-state index in [1.807, 2.05) is 6.08 Å². The Hall–Kier alpha value is -2.12. The molecule has 1 aliphatic rings. The highest BCUT2D eigenvalue weighted by molar-refractivity contribution is 5.80. The van der Waals surface area contributed by atoms with Crippen LogP contribution >= 0.6 is 0 Å². The highest BCUT2D eigenvalue weighted by Crippen LogP contribution is 2.26. The Bertz CT molecular complexity index is 1310.